The van der Waals surface area contributed by atoms with Crippen LogP contribution in [0.2, 0.25) is 0 Å². The zero-order valence-corrected chi connectivity index (χ0v) is 8.02. The number of nitrogens with two attached hydrogens (primary N) is 1. The second-order valence-corrected chi connectivity index (χ2v) is 2.84. The third kappa shape index (κ3) is 5.21. The fourth-order valence-corrected chi connectivity index (χ4v) is 0.724. The number of halogens is 3. The van der Waals surface area contributed by atoms with E-state index in [2.05, 4.69) is 0 Å². The van der Waals surface area contributed by atoms with Gasteiger partial charge in [-0.05, 0) is 6.42 Å². The molecule has 0 rings (SSSR count). The first-order chi connectivity index (χ1) is 6.79. The van der Waals surface area contributed by atoms with Crippen molar-refractivity contribution in [2.24, 2.45) is 5.73 Å². The molecule has 0 aliphatic rings. The first-order valence-electron chi connectivity index (χ1n) is 4.21. The molecule has 0 aliphatic carbocycles. The summed E-state index contributed by atoms with van der Waals surface area (Å²) in [5.41, 5.74) is 8.09. The molecular weight excluding hydrogens is 215 g/mol. The van der Waals surface area contributed by atoms with Gasteiger partial charge in [-0.3, -0.25) is 20.4 Å². The molecule has 0 aliphatic heterocycles. The number of hydrogen-bond donors (Lipinski definition) is 3. The summed E-state index contributed by atoms with van der Waals surface area (Å²) in [6, 6.07) is -0.927. The van der Waals surface area contributed by atoms with Crippen molar-refractivity contribution in [3.05, 3.63) is 0 Å². The van der Waals surface area contributed by atoms with E-state index in [1.165, 1.54) is 5.43 Å². The van der Waals surface area contributed by atoms with Crippen LogP contribution in [-0.4, -0.2) is 24.0 Å². The van der Waals surface area contributed by atoms with Crippen LogP contribution in [0.4, 0.5) is 13.2 Å². The number of nitrogens with one attached hydrogen (secondary N) is 2. The quantitative estimate of drug-likeness (QED) is 0.585. The van der Waals surface area contributed by atoms with E-state index >= 15 is 0 Å². The lowest BCUT2D eigenvalue weighted by Crippen LogP contribution is -2.52. The molecule has 0 bridgehead atoms. The lowest BCUT2D eigenvalue weighted by Gasteiger charge is -2.12. The van der Waals surface area contributed by atoms with E-state index in [4.69, 9.17) is 5.73 Å². The minimum Gasteiger partial charge on any atom is -0.320 e. The summed E-state index contributed by atoms with van der Waals surface area (Å²) in [7, 11) is 0. The molecule has 0 aromatic heterocycles. The molecule has 0 saturated heterocycles. The third-order valence-electron chi connectivity index (χ3n) is 1.49. The van der Waals surface area contributed by atoms with Crippen molar-refractivity contribution in [3.63, 3.8) is 0 Å². The molecule has 0 radical (unpaired) electrons. The maximum atomic E-state index is 11.7. The van der Waals surface area contributed by atoms with Gasteiger partial charge in [-0.15, -0.1) is 0 Å². The number of amides is 2. The molecule has 88 valence electrons. The van der Waals surface area contributed by atoms with Crippen LogP contribution < -0.4 is 16.6 Å². The minimum atomic E-state index is -5.03. The second-order valence-electron chi connectivity index (χ2n) is 2.84. The Morgan fingerprint density at radius 3 is 2.27 bits per heavy atom. The molecule has 8 heteroatoms. The molecular formula is C7H12F3N3O2. The highest BCUT2D eigenvalue weighted by Gasteiger charge is 2.39. The van der Waals surface area contributed by atoms with Gasteiger partial charge in [0, 0.05) is 0 Å². The Hall–Kier alpha value is -1.31. The van der Waals surface area contributed by atoms with E-state index in [1.54, 1.807) is 12.3 Å². The number of carbonyl (C=O) groups is 2. The van der Waals surface area contributed by atoms with Crippen LogP contribution in [0.1, 0.15) is 19.8 Å². The second kappa shape index (κ2) is 5.54. The molecule has 0 aromatic carbocycles. The molecule has 0 fully saturated rings. The molecule has 1 unspecified atom stereocenters. The first kappa shape index (κ1) is 13.7. The summed E-state index contributed by atoms with van der Waals surface area (Å²) in [6.45, 7) is 1.77. The van der Waals surface area contributed by atoms with Crippen molar-refractivity contribution in [2.45, 2.75) is 32.0 Å². The SMILES string of the molecule is CCCC(N)C(=O)NNC(=O)C(F)(F)F. The Morgan fingerprint density at radius 2 is 1.87 bits per heavy atom. The summed E-state index contributed by atoms with van der Waals surface area (Å²) in [4.78, 5) is 21.2. The summed E-state index contributed by atoms with van der Waals surface area (Å²) >= 11 is 0. The van der Waals surface area contributed by atoms with E-state index in [-0.39, 0.29) is 0 Å². The van der Waals surface area contributed by atoms with Crippen LogP contribution in [0.15, 0.2) is 0 Å². The molecule has 4 N–H and O–H groups in total. The molecule has 5 nitrogen and oxygen atoms in total. The van der Waals surface area contributed by atoms with Gasteiger partial charge in [-0.2, -0.15) is 13.2 Å². The van der Waals surface area contributed by atoms with E-state index in [9.17, 15) is 22.8 Å². The van der Waals surface area contributed by atoms with Gasteiger partial charge in [0.2, 0.25) is 0 Å². The van der Waals surface area contributed by atoms with Gasteiger partial charge in [0.1, 0.15) is 0 Å². The van der Waals surface area contributed by atoms with Gasteiger partial charge in [0.15, 0.2) is 0 Å². The van der Waals surface area contributed by atoms with Gasteiger partial charge in [-0.1, -0.05) is 13.3 Å². The summed E-state index contributed by atoms with van der Waals surface area (Å²) in [5.74, 6) is -3.09. The number of carbonyl (C=O) groups excluding carboxylic acids is 2. The first-order valence-corrected chi connectivity index (χ1v) is 4.21. The number of hydrogen-bond acceptors (Lipinski definition) is 3. The topological polar surface area (TPSA) is 84.2 Å². The van der Waals surface area contributed by atoms with E-state index in [0.717, 1.165) is 0 Å². The number of hydrazine groups is 1. The van der Waals surface area contributed by atoms with Crippen LogP contribution in [0.25, 0.3) is 0 Å². The molecule has 0 aromatic rings. The number of rotatable bonds is 3. The molecule has 0 saturated carbocycles. The lowest BCUT2D eigenvalue weighted by molar-refractivity contribution is -0.175. The van der Waals surface area contributed by atoms with Gasteiger partial charge >= 0.3 is 12.1 Å². The Bertz CT molecular complexity index is 242. The van der Waals surface area contributed by atoms with E-state index < -0.39 is 24.0 Å². The van der Waals surface area contributed by atoms with Crippen molar-refractivity contribution in [1.29, 1.82) is 0 Å². The van der Waals surface area contributed by atoms with Crippen LogP contribution >= 0.6 is 0 Å². The van der Waals surface area contributed by atoms with Gasteiger partial charge in [0.25, 0.3) is 5.91 Å². The molecule has 0 heterocycles. The average Bonchev–Trinajstić information content (AvgIpc) is 2.12. The van der Waals surface area contributed by atoms with Crippen LogP contribution in [0, 0.1) is 0 Å². The normalized spacial score (nSPS) is 13.1. The van der Waals surface area contributed by atoms with Gasteiger partial charge in [0.05, 0.1) is 6.04 Å². The van der Waals surface area contributed by atoms with E-state index in [0.29, 0.717) is 12.8 Å². The van der Waals surface area contributed by atoms with Crippen molar-refractivity contribution in [3.8, 4) is 0 Å². The lowest BCUT2D eigenvalue weighted by atomic mass is 10.2. The monoisotopic (exact) mass is 227 g/mol. The predicted octanol–water partition coefficient (Wildman–Crippen LogP) is -0.176. The summed E-state index contributed by atoms with van der Waals surface area (Å²) in [5, 5.41) is 0. The van der Waals surface area contributed by atoms with E-state index in [1.807, 2.05) is 0 Å². The minimum absolute atomic E-state index is 0.327. The highest BCUT2D eigenvalue weighted by molar-refractivity contribution is 5.87. The largest absolute Gasteiger partial charge is 0.472 e. The van der Waals surface area contributed by atoms with Crippen LogP contribution in [-0.2, 0) is 9.59 Å². The van der Waals surface area contributed by atoms with Crippen molar-refractivity contribution < 1.29 is 22.8 Å². The maximum absolute atomic E-state index is 11.7. The average molecular weight is 227 g/mol. The fraction of sp³-hybridized carbons (Fsp3) is 0.714. The third-order valence-corrected chi connectivity index (χ3v) is 1.49. The molecule has 0 spiro atoms. The smallest absolute Gasteiger partial charge is 0.320 e. The van der Waals surface area contributed by atoms with Crippen LogP contribution in [0.5, 0.6) is 0 Å². The van der Waals surface area contributed by atoms with Crippen molar-refractivity contribution in [1.82, 2.24) is 10.9 Å². The summed E-state index contributed by atoms with van der Waals surface area (Å²) in [6.07, 6.45) is -4.09. The molecule has 1 atom stereocenters. The highest BCUT2D eigenvalue weighted by atomic mass is 19.4. The van der Waals surface area contributed by atoms with Crippen LogP contribution in [0.3, 0.4) is 0 Å². The zero-order chi connectivity index (χ0) is 12.1. The van der Waals surface area contributed by atoms with Crippen molar-refractivity contribution in [2.75, 3.05) is 0 Å². The summed E-state index contributed by atoms with van der Waals surface area (Å²) < 4.78 is 35.0. The molecule has 15 heavy (non-hydrogen) atoms. The molecule has 2 amide bonds. The zero-order valence-electron chi connectivity index (χ0n) is 8.02. The number of alkyl halides is 3. The van der Waals surface area contributed by atoms with Gasteiger partial charge < -0.3 is 5.73 Å². The van der Waals surface area contributed by atoms with Gasteiger partial charge in [-0.25, -0.2) is 0 Å². The fourth-order valence-electron chi connectivity index (χ4n) is 0.724. The Morgan fingerprint density at radius 1 is 1.33 bits per heavy atom. The predicted molar refractivity (Wildman–Crippen MR) is 45.2 cm³/mol. The standard InChI is InChI=1S/C7H12F3N3O2/c1-2-3-4(11)5(14)12-13-6(15)7(8,9)10/h4H,2-3,11H2,1H3,(H,12,14)(H,13,15). The Labute approximate surface area is 84.2 Å². The highest BCUT2D eigenvalue weighted by Crippen LogP contribution is 2.13. The van der Waals surface area contributed by atoms with Crippen molar-refractivity contribution >= 4 is 11.8 Å². The maximum Gasteiger partial charge on any atom is 0.472 e. The Balaban J connectivity index is 3.96. The Kier molecular flexibility index (Phi) is 5.06.